The summed E-state index contributed by atoms with van der Waals surface area (Å²) in [4.78, 5) is 0.648. The molecule has 0 radical (unpaired) electrons. The quantitative estimate of drug-likeness (QED) is 0.537. The maximum Gasteiger partial charge on any atom is 0.0628 e. The number of ether oxygens (including phenoxy) is 1. The highest BCUT2D eigenvalue weighted by molar-refractivity contribution is 9.09. The first-order valence-corrected chi connectivity index (χ1v) is 8.18. The number of hydrogen-bond donors (Lipinski definition) is 0. The summed E-state index contributed by atoms with van der Waals surface area (Å²) >= 11 is 3.93. The number of methoxy groups -OCH3 is 1. The Labute approximate surface area is 120 Å². The van der Waals surface area contributed by atoms with Gasteiger partial charge in [0.05, 0.1) is 6.10 Å². The van der Waals surface area contributed by atoms with E-state index in [1.54, 1.807) is 0 Å². The second-order valence-corrected chi connectivity index (χ2v) is 7.90. The summed E-state index contributed by atoms with van der Waals surface area (Å²) in [5.74, 6) is 1.89. The molecule has 2 aliphatic rings. The third kappa shape index (κ3) is 2.20. The largest absolute Gasteiger partial charge is 0.381 e. The van der Waals surface area contributed by atoms with Crippen molar-refractivity contribution >= 4 is 15.9 Å². The third-order valence-corrected chi connectivity index (χ3v) is 6.88. The van der Waals surface area contributed by atoms with E-state index >= 15 is 0 Å². The van der Waals surface area contributed by atoms with Crippen molar-refractivity contribution < 1.29 is 4.74 Å². The smallest absolute Gasteiger partial charge is 0.0628 e. The van der Waals surface area contributed by atoms with Crippen LogP contribution in [0.2, 0.25) is 0 Å². The predicted octanol–water partition coefficient (Wildman–Crippen LogP) is 4.80. The average Bonchev–Trinajstić information content (AvgIpc) is 2.65. The molecule has 0 unspecified atom stereocenters. The molecule has 2 aliphatic carbocycles. The minimum absolute atomic E-state index is 0.381. The fourth-order valence-corrected chi connectivity index (χ4v) is 5.24. The lowest BCUT2D eigenvalue weighted by molar-refractivity contribution is -0.00410. The normalized spacial score (nSPS) is 42.1. The molecule has 0 bridgehead atoms. The molecule has 0 spiro atoms. The summed E-state index contributed by atoms with van der Waals surface area (Å²) in [6.07, 6.45) is 5.41. The van der Waals surface area contributed by atoms with Crippen LogP contribution in [-0.2, 0) is 4.74 Å². The molecule has 2 saturated carbocycles. The Morgan fingerprint density at radius 3 is 2.61 bits per heavy atom. The fraction of sp³-hybridized carbons (Fsp3) is 0.875. The van der Waals surface area contributed by atoms with Crippen LogP contribution in [0.5, 0.6) is 0 Å². The van der Waals surface area contributed by atoms with Crippen LogP contribution in [0.15, 0.2) is 12.2 Å². The summed E-state index contributed by atoms with van der Waals surface area (Å²) in [5, 5.41) is 0. The van der Waals surface area contributed by atoms with Gasteiger partial charge in [-0.1, -0.05) is 48.9 Å². The highest BCUT2D eigenvalue weighted by atomic mass is 79.9. The fourth-order valence-electron chi connectivity index (χ4n) is 4.50. The molecule has 0 aromatic heterocycles. The first kappa shape index (κ1) is 14.6. The highest BCUT2D eigenvalue weighted by Crippen LogP contribution is 2.59. The zero-order valence-corrected chi connectivity index (χ0v) is 13.8. The van der Waals surface area contributed by atoms with Crippen LogP contribution in [-0.4, -0.2) is 18.0 Å². The van der Waals surface area contributed by atoms with Gasteiger partial charge >= 0.3 is 0 Å². The second kappa shape index (κ2) is 5.28. The van der Waals surface area contributed by atoms with E-state index in [0.717, 1.165) is 0 Å². The van der Waals surface area contributed by atoms with E-state index in [2.05, 4.69) is 43.3 Å². The minimum Gasteiger partial charge on any atom is -0.381 e. The van der Waals surface area contributed by atoms with Crippen LogP contribution in [0.4, 0.5) is 0 Å². The molecule has 0 saturated heterocycles. The van der Waals surface area contributed by atoms with E-state index in [1.807, 2.05) is 7.11 Å². The topological polar surface area (TPSA) is 9.23 Å². The van der Waals surface area contributed by atoms with E-state index in [1.165, 1.54) is 31.3 Å². The third-order valence-electron chi connectivity index (χ3n) is 5.38. The lowest BCUT2D eigenvalue weighted by atomic mass is 9.64. The second-order valence-electron chi connectivity index (χ2n) is 6.79. The van der Waals surface area contributed by atoms with Crippen molar-refractivity contribution in [1.29, 1.82) is 0 Å². The van der Waals surface area contributed by atoms with Crippen LogP contribution < -0.4 is 0 Å². The van der Waals surface area contributed by atoms with Crippen LogP contribution in [0.1, 0.15) is 46.5 Å². The predicted molar refractivity (Wildman–Crippen MR) is 81.0 cm³/mol. The molecule has 2 rings (SSSR count). The molecule has 0 aromatic rings. The van der Waals surface area contributed by atoms with Crippen LogP contribution >= 0.6 is 15.9 Å². The molecule has 0 heterocycles. The van der Waals surface area contributed by atoms with Crippen molar-refractivity contribution in [2.24, 2.45) is 23.2 Å². The van der Waals surface area contributed by atoms with Gasteiger partial charge in [0.2, 0.25) is 0 Å². The molecule has 0 aliphatic heterocycles. The van der Waals surface area contributed by atoms with Gasteiger partial charge in [0.1, 0.15) is 0 Å². The first-order chi connectivity index (χ1) is 8.41. The van der Waals surface area contributed by atoms with Crippen molar-refractivity contribution in [3.8, 4) is 0 Å². The highest BCUT2D eigenvalue weighted by Gasteiger charge is 2.54. The summed E-state index contributed by atoms with van der Waals surface area (Å²) in [6, 6.07) is 0. The Hall–Kier alpha value is 0.180. The summed E-state index contributed by atoms with van der Waals surface area (Å²) in [5.41, 5.74) is 1.87. The van der Waals surface area contributed by atoms with Crippen molar-refractivity contribution in [1.82, 2.24) is 0 Å². The summed E-state index contributed by atoms with van der Waals surface area (Å²) in [6.45, 7) is 11.4. The maximum absolute atomic E-state index is 5.82. The number of alkyl halides is 1. The van der Waals surface area contributed by atoms with Gasteiger partial charge in [-0.05, 0) is 48.9 Å². The van der Waals surface area contributed by atoms with Gasteiger partial charge in [-0.2, -0.15) is 0 Å². The molecular formula is C16H27BrO. The molecule has 2 fully saturated rings. The molecule has 18 heavy (non-hydrogen) atoms. The van der Waals surface area contributed by atoms with E-state index in [-0.39, 0.29) is 0 Å². The Bertz CT molecular complexity index is 325. The van der Waals surface area contributed by atoms with E-state index < -0.39 is 0 Å². The van der Waals surface area contributed by atoms with Gasteiger partial charge < -0.3 is 4.74 Å². The standard InChI is InChI=1S/C16H27BrO/c1-10(2)15(18-5)12-8-9-16(4)13(17)7-6-11(3)14(12)16/h10,12-15H,3,6-9H2,1-2,4-5H3/t12-,13+,14+,15+,16-/m1/s1. The van der Waals surface area contributed by atoms with Gasteiger partial charge in [0, 0.05) is 11.9 Å². The SMILES string of the molecule is C=C1CC[C@H](Br)[C@@]2(C)CC[C@@H]([C@@H](OC)C(C)C)[C@H]12. The molecule has 0 aromatic carbocycles. The Kier molecular flexibility index (Phi) is 4.28. The van der Waals surface area contributed by atoms with Crippen LogP contribution in [0.25, 0.3) is 0 Å². The van der Waals surface area contributed by atoms with E-state index in [9.17, 15) is 0 Å². The lowest BCUT2D eigenvalue weighted by Gasteiger charge is -2.45. The van der Waals surface area contributed by atoms with Crippen LogP contribution in [0, 0.1) is 23.2 Å². The zero-order chi connectivity index (χ0) is 13.5. The number of allylic oxidation sites excluding steroid dienone is 1. The Morgan fingerprint density at radius 2 is 2.06 bits per heavy atom. The molecule has 1 nitrogen and oxygen atoms in total. The molecule has 104 valence electrons. The van der Waals surface area contributed by atoms with Crippen LogP contribution in [0.3, 0.4) is 0 Å². The average molecular weight is 315 g/mol. The van der Waals surface area contributed by atoms with Gasteiger partial charge in [-0.3, -0.25) is 0 Å². The molecule has 0 amide bonds. The zero-order valence-electron chi connectivity index (χ0n) is 12.2. The van der Waals surface area contributed by atoms with Crippen molar-refractivity contribution in [3.05, 3.63) is 12.2 Å². The first-order valence-electron chi connectivity index (χ1n) is 7.26. The number of halogens is 1. The van der Waals surface area contributed by atoms with Crippen molar-refractivity contribution in [2.45, 2.75) is 57.4 Å². The molecule has 5 atom stereocenters. The monoisotopic (exact) mass is 314 g/mol. The number of rotatable bonds is 3. The lowest BCUT2D eigenvalue weighted by Crippen LogP contribution is -2.42. The van der Waals surface area contributed by atoms with Crippen molar-refractivity contribution in [3.63, 3.8) is 0 Å². The Morgan fingerprint density at radius 1 is 1.39 bits per heavy atom. The number of hydrogen-bond acceptors (Lipinski definition) is 1. The van der Waals surface area contributed by atoms with Gasteiger partial charge in [-0.25, -0.2) is 0 Å². The van der Waals surface area contributed by atoms with Crippen molar-refractivity contribution in [2.75, 3.05) is 7.11 Å². The van der Waals surface area contributed by atoms with E-state index in [0.29, 0.717) is 34.1 Å². The minimum atomic E-state index is 0.381. The maximum atomic E-state index is 5.82. The number of fused-ring (bicyclic) bond motifs is 1. The summed E-state index contributed by atoms with van der Waals surface area (Å²) in [7, 11) is 1.87. The Balaban J connectivity index is 2.28. The van der Waals surface area contributed by atoms with Gasteiger partial charge in [-0.15, -0.1) is 0 Å². The molecular weight excluding hydrogens is 288 g/mol. The molecule has 2 heteroatoms. The van der Waals surface area contributed by atoms with Gasteiger partial charge in [0.25, 0.3) is 0 Å². The van der Waals surface area contributed by atoms with E-state index in [4.69, 9.17) is 4.74 Å². The summed E-state index contributed by atoms with van der Waals surface area (Å²) < 4.78 is 5.82. The van der Waals surface area contributed by atoms with Gasteiger partial charge in [0.15, 0.2) is 0 Å². The molecule has 0 N–H and O–H groups in total.